The molecule has 1 heterocycles. The molecule has 0 saturated heterocycles. The fourth-order valence-corrected chi connectivity index (χ4v) is 3.30. The molecule has 1 saturated carbocycles. The van der Waals surface area contributed by atoms with Crippen LogP contribution in [0.3, 0.4) is 0 Å². The van der Waals surface area contributed by atoms with Crippen LogP contribution in [0.15, 0.2) is 24.3 Å². The first kappa shape index (κ1) is 12.7. The van der Waals surface area contributed by atoms with Gasteiger partial charge in [0, 0.05) is 18.5 Å². The molecule has 1 fully saturated rings. The zero-order valence-electron chi connectivity index (χ0n) is 11.7. The standard InChI is InChI=1S/C16H23N3/c1-2-11-19-14-8-4-3-7-13(14)18-15(19)12-16(17)9-5-6-10-16/h3-4,7-8H,2,5-6,9-12,17H2,1H3. The number of rotatable bonds is 4. The minimum atomic E-state index is -0.0210. The summed E-state index contributed by atoms with van der Waals surface area (Å²) in [6.45, 7) is 3.25. The average molecular weight is 257 g/mol. The van der Waals surface area contributed by atoms with E-state index in [1.165, 1.54) is 24.2 Å². The number of nitrogens with zero attached hydrogens (tertiary/aromatic N) is 2. The van der Waals surface area contributed by atoms with E-state index in [-0.39, 0.29) is 5.54 Å². The van der Waals surface area contributed by atoms with Crippen molar-refractivity contribution >= 4 is 11.0 Å². The van der Waals surface area contributed by atoms with Gasteiger partial charge >= 0.3 is 0 Å². The monoisotopic (exact) mass is 257 g/mol. The molecule has 1 aromatic carbocycles. The maximum atomic E-state index is 6.52. The average Bonchev–Trinajstić information content (AvgIpc) is 2.96. The van der Waals surface area contributed by atoms with Crippen molar-refractivity contribution in [2.75, 3.05) is 0 Å². The quantitative estimate of drug-likeness (QED) is 0.913. The van der Waals surface area contributed by atoms with Crippen LogP contribution in [0.5, 0.6) is 0 Å². The summed E-state index contributed by atoms with van der Waals surface area (Å²) in [6, 6.07) is 8.42. The second kappa shape index (κ2) is 4.97. The van der Waals surface area contributed by atoms with Gasteiger partial charge in [-0.05, 0) is 31.4 Å². The highest BCUT2D eigenvalue weighted by atomic mass is 15.1. The Morgan fingerprint density at radius 3 is 2.74 bits per heavy atom. The SMILES string of the molecule is CCCn1c(CC2(N)CCCC2)nc2ccccc21. The van der Waals surface area contributed by atoms with Crippen molar-refractivity contribution < 1.29 is 0 Å². The summed E-state index contributed by atoms with van der Waals surface area (Å²) in [4.78, 5) is 4.82. The summed E-state index contributed by atoms with van der Waals surface area (Å²) in [6.07, 6.45) is 6.87. The van der Waals surface area contributed by atoms with E-state index in [0.29, 0.717) is 0 Å². The molecule has 0 amide bonds. The molecule has 3 heteroatoms. The number of imidazole rings is 1. The molecule has 1 aliphatic carbocycles. The number of hydrogen-bond acceptors (Lipinski definition) is 2. The molecule has 0 unspecified atom stereocenters. The Morgan fingerprint density at radius 1 is 1.26 bits per heavy atom. The smallest absolute Gasteiger partial charge is 0.111 e. The highest BCUT2D eigenvalue weighted by molar-refractivity contribution is 5.75. The lowest BCUT2D eigenvalue weighted by Gasteiger charge is -2.23. The lowest BCUT2D eigenvalue weighted by molar-refractivity contribution is 0.418. The number of nitrogens with two attached hydrogens (primary N) is 1. The van der Waals surface area contributed by atoms with Crippen LogP contribution < -0.4 is 5.73 Å². The Bertz CT molecular complexity index is 564. The van der Waals surface area contributed by atoms with Gasteiger partial charge in [-0.1, -0.05) is 31.9 Å². The molecular weight excluding hydrogens is 234 g/mol. The van der Waals surface area contributed by atoms with E-state index in [1.54, 1.807) is 0 Å². The van der Waals surface area contributed by atoms with E-state index in [1.807, 2.05) is 0 Å². The van der Waals surface area contributed by atoms with Gasteiger partial charge in [-0.25, -0.2) is 4.98 Å². The summed E-state index contributed by atoms with van der Waals surface area (Å²) < 4.78 is 2.36. The van der Waals surface area contributed by atoms with Crippen molar-refractivity contribution in [2.24, 2.45) is 5.73 Å². The lowest BCUT2D eigenvalue weighted by atomic mass is 9.94. The predicted octanol–water partition coefficient (Wildman–Crippen LogP) is 3.26. The van der Waals surface area contributed by atoms with Crippen LogP contribution in [0, 0.1) is 0 Å². The number of aromatic nitrogens is 2. The highest BCUT2D eigenvalue weighted by Gasteiger charge is 2.31. The molecule has 0 bridgehead atoms. The number of para-hydroxylation sites is 2. The largest absolute Gasteiger partial charge is 0.328 e. The fraction of sp³-hybridized carbons (Fsp3) is 0.562. The van der Waals surface area contributed by atoms with Crippen LogP contribution in [0.1, 0.15) is 44.9 Å². The molecule has 0 aliphatic heterocycles. The van der Waals surface area contributed by atoms with E-state index < -0.39 is 0 Å². The third-order valence-electron chi connectivity index (χ3n) is 4.29. The first-order valence-corrected chi connectivity index (χ1v) is 7.45. The van der Waals surface area contributed by atoms with Crippen molar-refractivity contribution in [1.29, 1.82) is 0 Å². The zero-order chi connectivity index (χ0) is 13.3. The second-order valence-electron chi connectivity index (χ2n) is 5.91. The molecule has 3 rings (SSSR count). The van der Waals surface area contributed by atoms with Crippen molar-refractivity contribution in [3.63, 3.8) is 0 Å². The lowest BCUT2D eigenvalue weighted by Crippen LogP contribution is -2.39. The summed E-state index contributed by atoms with van der Waals surface area (Å²) in [5.74, 6) is 1.17. The Morgan fingerprint density at radius 2 is 2.00 bits per heavy atom. The molecule has 2 aromatic rings. The Hall–Kier alpha value is -1.35. The van der Waals surface area contributed by atoms with Gasteiger partial charge in [0.15, 0.2) is 0 Å². The first-order chi connectivity index (χ1) is 9.22. The molecular formula is C16H23N3. The minimum absolute atomic E-state index is 0.0210. The van der Waals surface area contributed by atoms with Gasteiger partial charge in [0.05, 0.1) is 11.0 Å². The van der Waals surface area contributed by atoms with Crippen molar-refractivity contribution in [2.45, 2.75) is 57.5 Å². The third-order valence-corrected chi connectivity index (χ3v) is 4.29. The summed E-state index contributed by atoms with van der Waals surface area (Å²) >= 11 is 0. The fourth-order valence-electron chi connectivity index (χ4n) is 3.30. The molecule has 102 valence electrons. The van der Waals surface area contributed by atoms with Crippen LogP contribution in [-0.4, -0.2) is 15.1 Å². The molecule has 1 aromatic heterocycles. The number of benzene rings is 1. The van der Waals surface area contributed by atoms with Crippen LogP contribution in [-0.2, 0) is 13.0 Å². The van der Waals surface area contributed by atoms with Crippen molar-refractivity contribution in [3.8, 4) is 0 Å². The van der Waals surface area contributed by atoms with E-state index in [9.17, 15) is 0 Å². The Kier molecular flexibility index (Phi) is 3.31. The van der Waals surface area contributed by atoms with Gasteiger partial charge in [-0.2, -0.15) is 0 Å². The highest BCUT2D eigenvalue weighted by Crippen LogP contribution is 2.31. The van der Waals surface area contributed by atoms with Crippen molar-refractivity contribution in [3.05, 3.63) is 30.1 Å². The predicted molar refractivity (Wildman–Crippen MR) is 79.1 cm³/mol. The maximum Gasteiger partial charge on any atom is 0.111 e. The number of hydrogen-bond donors (Lipinski definition) is 1. The molecule has 1 aliphatic rings. The van der Waals surface area contributed by atoms with E-state index >= 15 is 0 Å². The van der Waals surface area contributed by atoms with Crippen LogP contribution in [0.2, 0.25) is 0 Å². The third kappa shape index (κ3) is 2.39. The van der Waals surface area contributed by atoms with Crippen LogP contribution in [0.25, 0.3) is 11.0 Å². The normalized spacial score (nSPS) is 18.2. The van der Waals surface area contributed by atoms with Gasteiger partial charge < -0.3 is 10.3 Å². The first-order valence-electron chi connectivity index (χ1n) is 7.45. The van der Waals surface area contributed by atoms with E-state index in [4.69, 9.17) is 10.7 Å². The second-order valence-corrected chi connectivity index (χ2v) is 5.91. The van der Waals surface area contributed by atoms with Crippen LogP contribution >= 0.6 is 0 Å². The zero-order valence-corrected chi connectivity index (χ0v) is 11.7. The van der Waals surface area contributed by atoms with Crippen molar-refractivity contribution in [1.82, 2.24) is 9.55 Å². The summed E-state index contributed by atoms with van der Waals surface area (Å²) in [5.41, 5.74) is 8.86. The van der Waals surface area contributed by atoms with Crippen LogP contribution in [0.4, 0.5) is 0 Å². The van der Waals surface area contributed by atoms with Gasteiger partial charge in [0.2, 0.25) is 0 Å². The molecule has 0 radical (unpaired) electrons. The Labute approximate surface area is 114 Å². The number of aryl methyl sites for hydroxylation is 1. The molecule has 2 N–H and O–H groups in total. The van der Waals surface area contributed by atoms with Gasteiger partial charge in [0.25, 0.3) is 0 Å². The number of fused-ring (bicyclic) bond motifs is 1. The van der Waals surface area contributed by atoms with Gasteiger partial charge in [-0.3, -0.25) is 0 Å². The molecule has 19 heavy (non-hydrogen) atoms. The molecule has 0 spiro atoms. The molecule has 3 nitrogen and oxygen atoms in total. The summed E-state index contributed by atoms with van der Waals surface area (Å²) in [5, 5.41) is 0. The summed E-state index contributed by atoms with van der Waals surface area (Å²) in [7, 11) is 0. The molecule has 0 atom stereocenters. The Balaban J connectivity index is 1.99. The minimum Gasteiger partial charge on any atom is -0.328 e. The van der Waals surface area contributed by atoms with Gasteiger partial charge in [0.1, 0.15) is 5.82 Å². The topological polar surface area (TPSA) is 43.8 Å². The maximum absolute atomic E-state index is 6.52. The van der Waals surface area contributed by atoms with E-state index in [0.717, 1.165) is 37.7 Å². The van der Waals surface area contributed by atoms with E-state index in [2.05, 4.69) is 35.8 Å². The van der Waals surface area contributed by atoms with Gasteiger partial charge in [-0.15, -0.1) is 0 Å².